The molecule has 3 aromatic rings. The molecule has 3 N–H and O–H groups in total. The van der Waals surface area contributed by atoms with Crippen molar-refractivity contribution in [3.63, 3.8) is 0 Å². The first-order valence-corrected chi connectivity index (χ1v) is 12.0. The molecule has 8 heteroatoms. The number of hydrogen-bond acceptors (Lipinski definition) is 5. The van der Waals surface area contributed by atoms with Gasteiger partial charge in [-0.2, -0.15) is 0 Å². The number of anilines is 2. The largest absolute Gasteiger partial charge is 0.480 e. The Labute approximate surface area is 210 Å². The molecule has 0 saturated carbocycles. The van der Waals surface area contributed by atoms with Gasteiger partial charge in [0.2, 0.25) is 0 Å². The van der Waals surface area contributed by atoms with Gasteiger partial charge in [-0.15, -0.1) is 0 Å². The van der Waals surface area contributed by atoms with Crippen LogP contribution in [0, 0.1) is 0 Å². The first-order chi connectivity index (χ1) is 17.2. The topological polar surface area (TPSA) is 112 Å². The molecule has 0 bridgehead atoms. The average molecular weight is 487 g/mol. The molecule has 0 spiro atoms. The summed E-state index contributed by atoms with van der Waals surface area (Å²) in [5.74, 6) is -1.34. The van der Waals surface area contributed by atoms with E-state index in [4.69, 9.17) is 5.11 Å². The summed E-state index contributed by atoms with van der Waals surface area (Å²) in [5, 5.41) is 14.6. The molecule has 2 heterocycles. The van der Waals surface area contributed by atoms with Crippen molar-refractivity contribution in [2.24, 2.45) is 0 Å². The minimum Gasteiger partial charge on any atom is -0.480 e. The lowest BCUT2D eigenvalue weighted by Crippen LogP contribution is -2.39. The van der Waals surface area contributed by atoms with E-state index in [1.165, 1.54) is 13.1 Å². The molecule has 1 unspecified atom stereocenters. The molecule has 1 atom stereocenters. The lowest BCUT2D eigenvalue weighted by Gasteiger charge is -2.31. The monoisotopic (exact) mass is 486 g/mol. The lowest BCUT2D eigenvalue weighted by molar-refractivity contribution is -0.138. The second-order valence-electron chi connectivity index (χ2n) is 9.31. The fraction of sp³-hybridized carbons (Fsp3) is 0.286. The normalized spacial score (nSPS) is 13.6. The van der Waals surface area contributed by atoms with Gasteiger partial charge in [-0.3, -0.25) is 19.4 Å². The fourth-order valence-corrected chi connectivity index (χ4v) is 4.27. The van der Waals surface area contributed by atoms with E-state index in [1.807, 2.05) is 42.5 Å². The highest BCUT2D eigenvalue weighted by Gasteiger charge is 2.24. The van der Waals surface area contributed by atoms with Crippen molar-refractivity contribution >= 4 is 29.2 Å². The SMILES string of the molecule is CC(NC(=O)c1cncc2c1CCN(c1cccc(C(=O)Nc3cccc(C(C)C)c3)c1)C2)C(=O)O. The number of nitrogens with zero attached hydrogens (tertiary/aromatic N) is 2. The number of carbonyl (C=O) groups is 3. The van der Waals surface area contributed by atoms with E-state index in [-0.39, 0.29) is 5.91 Å². The Kier molecular flexibility index (Phi) is 7.33. The van der Waals surface area contributed by atoms with Crippen molar-refractivity contribution in [3.05, 3.63) is 88.7 Å². The van der Waals surface area contributed by atoms with Crippen LogP contribution in [0.2, 0.25) is 0 Å². The predicted molar refractivity (Wildman–Crippen MR) is 138 cm³/mol. The smallest absolute Gasteiger partial charge is 0.325 e. The Morgan fingerprint density at radius 2 is 1.78 bits per heavy atom. The Bertz CT molecular complexity index is 1300. The van der Waals surface area contributed by atoms with Gasteiger partial charge in [0.1, 0.15) is 6.04 Å². The summed E-state index contributed by atoms with van der Waals surface area (Å²) in [7, 11) is 0. The standard InChI is InChI=1S/C28H30N4O4/c1-17(2)19-6-4-8-22(12-19)31-26(33)20-7-5-9-23(13-20)32-11-10-24-21(16-32)14-29-15-25(24)27(34)30-18(3)28(35)36/h4-9,12-15,17-18H,10-11,16H2,1-3H3,(H,30,34)(H,31,33)(H,35,36). The van der Waals surface area contributed by atoms with E-state index in [0.717, 1.165) is 28.1 Å². The molecule has 2 aromatic carbocycles. The molecular weight excluding hydrogens is 456 g/mol. The fourth-order valence-electron chi connectivity index (χ4n) is 4.27. The number of aliphatic carboxylic acids is 1. The maximum atomic E-state index is 13.0. The van der Waals surface area contributed by atoms with E-state index in [1.54, 1.807) is 12.3 Å². The summed E-state index contributed by atoms with van der Waals surface area (Å²) in [6, 6.07) is 14.3. The van der Waals surface area contributed by atoms with Crippen LogP contribution in [0.4, 0.5) is 11.4 Å². The summed E-state index contributed by atoms with van der Waals surface area (Å²) < 4.78 is 0. The molecule has 8 nitrogen and oxygen atoms in total. The summed E-state index contributed by atoms with van der Waals surface area (Å²) in [6.07, 6.45) is 3.81. The third-order valence-corrected chi connectivity index (χ3v) is 6.39. The Hall–Kier alpha value is -4.20. The van der Waals surface area contributed by atoms with Crippen molar-refractivity contribution in [1.29, 1.82) is 0 Å². The van der Waals surface area contributed by atoms with Crippen LogP contribution in [0.5, 0.6) is 0 Å². The zero-order valence-electron chi connectivity index (χ0n) is 20.6. The van der Waals surface area contributed by atoms with E-state index >= 15 is 0 Å². The Morgan fingerprint density at radius 3 is 2.53 bits per heavy atom. The maximum absolute atomic E-state index is 13.0. The maximum Gasteiger partial charge on any atom is 0.325 e. The van der Waals surface area contributed by atoms with Gasteiger partial charge in [-0.05, 0) is 66.3 Å². The highest BCUT2D eigenvalue weighted by Crippen LogP contribution is 2.27. The van der Waals surface area contributed by atoms with Crippen LogP contribution in [0.15, 0.2) is 60.9 Å². The number of carboxylic acid groups (broad SMARTS) is 1. The summed E-state index contributed by atoms with van der Waals surface area (Å²) in [5.41, 5.74) is 5.55. The first kappa shape index (κ1) is 24.9. The zero-order chi connectivity index (χ0) is 25.8. The molecule has 4 rings (SSSR count). The van der Waals surface area contributed by atoms with Gasteiger partial charge >= 0.3 is 5.97 Å². The molecule has 2 amide bonds. The van der Waals surface area contributed by atoms with Crippen molar-refractivity contribution < 1.29 is 19.5 Å². The molecule has 1 aromatic heterocycles. The Morgan fingerprint density at radius 1 is 1.00 bits per heavy atom. The second kappa shape index (κ2) is 10.6. The summed E-state index contributed by atoms with van der Waals surface area (Å²) in [6.45, 7) is 6.83. The van der Waals surface area contributed by atoms with Crippen LogP contribution in [-0.2, 0) is 17.8 Å². The van der Waals surface area contributed by atoms with Crippen LogP contribution < -0.4 is 15.5 Å². The third kappa shape index (κ3) is 5.54. The molecule has 0 saturated heterocycles. The van der Waals surface area contributed by atoms with E-state index < -0.39 is 17.9 Å². The van der Waals surface area contributed by atoms with Crippen LogP contribution in [0.25, 0.3) is 0 Å². The van der Waals surface area contributed by atoms with E-state index in [9.17, 15) is 14.4 Å². The highest BCUT2D eigenvalue weighted by atomic mass is 16.4. The van der Waals surface area contributed by atoms with Crippen molar-refractivity contribution in [3.8, 4) is 0 Å². The quantitative estimate of drug-likeness (QED) is 0.461. The highest BCUT2D eigenvalue weighted by molar-refractivity contribution is 6.05. The van der Waals surface area contributed by atoms with Gasteiger partial charge in [-0.1, -0.05) is 32.0 Å². The van der Waals surface area contributed by atoms with Crippen molar-refractivity contribution in [2.45, 2.75) is 45.7 Å². The first-order valence-electron chi connectivity index (χ1n) is 12.0. The van der Waals surface area contributed by atoms with Crippen LogP contribution in [0.1, 0.15) is 64.1 Å². The second-order valence-corrected chi connectivity index (χ2v) is 9.31. The third-order valence-electron chi connectivity index (χ3n) is 6.39. The number of fused-ring (bicyclic) bond motifs is 1. The number of aromatic nitrogens is 1. The van der Waals surface area contributed by atoms with Crippen LogP contribution >= 0.6 is 0 Å². The minimum atomic E-state index is -1.09. The molecule has 1 aliphatic rings. The molecule has 0 aliphatic carbocycles. The van der Waals surface area contributed by atoms with Gasteiger partial charge in [-0.25, -0.2) is 0 Å². The molecule has 1 aliphatic heterocycles. The van der Waals surface area contributed by atoms with Gasteiger partial charge in [0.05, 0.1) is 5.56 Å². The number of pyridine rings is 1. The molecule has 186 valence electrons. The predicted octanol–water partition coefficient (Wildman–Crippen LogP) is 4.22. The molecule has 36 heavy (non-hydrogen) atoms. The number of hydrogen-bond donors (Lipinski definition) is 3. The van der Waals surface area contributed by atoms with Gasteiger partial charge in [0.25, 0.3) is 11.8 Å². The lowest BCUT2D eigenvalue weighted by atomic mass is 9.96. The zero-order valence-corrected chi connectivity index (χ0v) is 20.6. The number of carboxylic acids is 1. The molecule has 0 fully saturated rings. The number of nitrogens with one attached hydrogen (secondary N) is 2. The number of rotatable bonds is 7. The van der Waals surface area contributed by atoms with Crippen LogP contribution in [0.3, 0.4) is 0 Å². The summed E-state index contributed by atoms with van der Waals surface area (Å²) in [4.78, 5) is 43.1. The van der Waals surface area contributed by atoms with E-state index in [2.05, 4.69) is 34.4 Å². The van der Waals surface area contributed by atoms with Gasteiger partial charge < -0.3 is 20.6 Å². The average Bonchev–Trinajstić information content (AvgIpc) is 2.88. The van der Waals surface area contributed by atoms with Crippen molar-refractivity contribution in [2.75, 3.05) is 16.8 Å². The minimum absolute atomic E-state index is 0.177. The van der Waals surface area contributed by atoms with Gasteiger partial charge in [0, 0.05) is 42.4 Å². The van der Waals surface area contributed by atoms with Crippen molar-refractivity contribution in [1.82, 2.24) is 10.3 Å². The van der Waals surface area contributed by atoms with Crippen LogP contribution in [-0.4, -0.2) is 40.5 Å². The number of amides is 2. The molecular formula is C28H30N4O4. The summed E-state index contributed by atoms with van der Waals surface area (Å²) >= 11 is 0. The number of carbonyl (C=O) groups excluding carboxylic acids is 2. The van der Waals surface area contributed by atoms with E-state index in [0.29, 0.717) is 36.6 Å². The molecule has 0 radical (unpaired) electrons. The van der Waals surface area contributed by atoms with Gasteiger partial charge in [0.15, 0.2) is 0 Å². The number of benzene rings is 2. The Balaban J connectivity index is 1.49.